The van der Waals surface area contributed by atoms with Crippen molar-refractivity contribution in [2.45, 2.75) is 45.6 Å². The van der Waals surface area contributed by atoms with Crippen LogP contribution in [-0.2, 0) is 9.53 Å². The van der Waals surface area contributed by atoms with Crippen LogP contribution in [0.25, 0.3) is 0 Å². The first kappa shape index (κ1) is 15.4. The lowest BCUT2D eigenvalue weighted by Crippen LogP contribution is -2.54. The summed E-state index contributed by atoms with van der Waals surface area (Å²) in [6.45, 7) is 5.30. The Labute approximate surface area is 115 Å². The van der Waals surface area contributed by atoms with E-state index in [-0.39, 0.29) is 11.9 Å². The van der Waals surface area contributed by atoms with E-state index in [1.165, 1.54) is 0 Å². The lowest BCUT2D eigenvalue weighted by atomic mass is 9.78. The van der Waals surface area contributed by atoms with Gasteiger partial charge in [-0.15, -0.1) is 0 Å². The number of ether oxygens (including phenoxy) is 1. The summed E-state index contributed by atoms with van der Waals surface area (Å²) in [6, 6.07) is 0.256. The van der Waals surface area contributed by atoms with Crippen LogP contribution in [0, 0.1) is 5.41 Å². The summed E-state index contributed by atoms with van der Waals surface area (Å²) in [5.41, 5.74) is 5.16. The molecule has 1 heterocycles. The number of hydrogen-bond donors (Lipinski definition) is 1. The Bertz CT molecular complexity index is 310. The normalized spacial score (nSPS) is 18.7. The molecule has 104 valence electrons. The number of hydrogen-bond acceptors (Lipinski definition) is 3. The quantitative estimate of drug-likeness (QED) is 0.774. The van der Waals surface area contributed by atoms with Gasteiger partial charge in [0.15, 0.2) is 0 Å². The lowest BCUT2D eigenvalue weighted by molar-refractivity contribution is -0.143. The van der Waals surface area contributed by atoms with Crippen LogP contribution < -0.4 is 5.73 Å². The van der Waals surface area contributed by atoms with E-state index in [0.29, 0.717) is 31.0 Å². The molecule has 1 aliphatic rings. The van der Waals surface area contributed by atoms with Crippen molar-refractivity contribution >= 4 is 23.1 Å². The molecule has 0 bridgehead atoms. The second kappa shape index (κ2) is 6.48. The Morgan fingerprint density at radius 1 is 1.39 bits per heavy atom. The van der Waals surface area contributed by atoms with Gasteiger partial charge in [-0.2, -0.15) is 0 Å². The Morgan fingerprint density at radius 3 is 2.28 bits per heavy atom. The van der Waals surface area contributed by atoms with Crippen molar-refractivity contribution < 1.29 is 9.53 Å². The van der Waals surface area contributed by atoms with Gasteiger partial charge in [0, 0.05) is 26.3 Å². The molecule has 0 radical (unpaired) electrons. The second-order valence-electron chi connectivity index (χ2n) is 4.95. The average molecular weight is 272 g/mol. The van der Waals surface area contributed by atoms with E-state index in [1.807, 2.05) is 11.9 Å². The van der Waals surface area contributed by atoms with E-state index >= 15 is 0 Å². The van der Waals surface area contributed by atoms with Gasteiger partial charge in [-0.1, -0.05) is 26.1 Å². The van der Waals surface area contributed by atoms with Gasteiger partial charge in [0.25, 0.3) is 0 Å². The largest absolute Gasteiger partial charge is 0.392 e. The van der Waals surface area contributed by atoms with Gasteiger partial charge in [0.05, 0.1) is 4.99 Å². The van der Waals surface area contributed by atoms with E-state index in [1.54, 1.807) is 0 Å². The maximum absolute atomic E-state index is 12.7. The molecule has 18 heavy (non-hydrogen) atoms. The smallest absolute Gasteiger partial charge is 0.235 e. The molecule has 0 atom stereocenters. The molecule has 0 saturated carbocycles. The summed E-state index contributed by atoms with van der Waals surface area (Å²) >= 11 is 5.16. The van der Waals surface area contributed by atoms with E-state index in [9.17, 15) is 4.79 Å². The number of rotatable bonds is 5. The third-order valence-electron chi connectivity index (χ3n) is 4.04. The van der Waals surface area contributed by atoms with E-state index in [0.717, 1.165) is 12.8 Å². The standard InChI is InChI=1S/C13H24N2O2S/c1-4-10(5-2)15(3)12(16)13(11(14)18)6-8-17-9-7-13/h10H,4-9H2,1-3H3,(H2,14,18). The molecule has 0 spiro atoms. The number of amides is 1. The molecule has 4 nitrogen and oxygen atoms in total. The van der Waals surface area contributed by atoms with E-state index in [4.69, 9.17) is 22.7 Å². The Kier molecular flexibility index (Phi) is 5.53. The first-order valence-electron chi connectivity index (χ1n) is 6.64. The van der Waals surface area contributed by atoms with Crippen LogP contribution in [0.5, 0.6) is 0 Å². The monoisotopic (exact) mass is 272 g/mol. The van der Waals surface area contributed by atoms with Crippen molar-refractivity contribution in [1.29, 1.82) is 0 Å². The summed E-state index contributed by atoms with van der Waals surface area (Å²) in [4.78, 5) is 14.9. The molecular weight excluding hydrogens is 248 g/mol. The molecule has 0 unspecified atom stereocenters. The molecule has 0 aromatic carbocycles. The van der Waals surface area contributed by atoms with Crippen LogP contribution in [0.4, 0.5) is 0 Å². The van der Waals surface area contributed by atoms with Gasteiger partial charge in [-0.3, -0.25) is 4.79 Å². The van der Waals surface area contributed by atoms with Gasteiger partial charge in [-0.25, -0.2) is 0 Å². The fraction of sp³-hybridized carbons (Fsp3) is 0.846. The molecule has 0 aliphatic carbocycles. The van der Waals surface area contributed by atoms with Crippen LogP contribution in [0.3, 0.4) is 0 Å². The van der Waals surface area contributed by atoms with Gasteiger partial charge in [0.2, 0.25) is 5.91 Å². The third-order valence-corrected chi connectivity index (χ3v) is 4.43. The van der Waals surface area contributed by atoms with Crippen molar-refractivity contribution in [2.24, 2.45) is 11.1 Å². The van der Waals surface area contributed by atoms with Gasteiger partial charge in [0.1, 0.15) is 5.41 Å². The minimum Gasteiger partial charge on any atom is -0.392 e. The van der Waals surface area contributed by atoms with Crippen molar-refractivity contribution in [2.75, 3.05) is 20.3 Å². The Hall–Kier alpha value is -0.680. The summed E-state index contributed by atoms with van der Waals surface area (Å²) < 4.78 is 5.33. The number of carbonyl (C=O) groups is 1. The fourth-order valence-electron chi connectivity index (χ4n) is 2.63. The van der Waals surface area contributed by atoms with Crippen LogP contribution in [0.2, 0.25) is 0 Å². The molecule has 0 aromatic heterocycles. The second-order valence-corrected chi connectivity index (χ2v) is 5.38. The molecule has 1 rings (SSSR count). The van der Waals surface area contributed by atoms with Crippen LogP contribution >= 0.6 is 12.2 Å². The zero-order chi connectivity index (χ0) is 13.8. The summed E-state index contributed by atoms with van der Waals surface area (Å²) in [6.07, 6.45) is 3.10. The van der Waals surface area contributed by atoms with Gasteiger partial charge in [-0.05, 0) is 25.7 Å². The summed E-state index contributed by atoms with van der Waals surface area (Å²) in [5.74, 6) is 0.0620. The molecule has 5 heteroatoms. The summed E-state index contributed by atoms with van der Waals surface area (Å²) in [5, 5.41) is 0. The Balaban J connectivity index is 2.92. The number of nitrogens with zero attached hydrogens (tertiary/aromatic N) is 1. The van der Waals surface area contributed by atoms with E-state index in [2.05, 4.69) is 13.8 Å². The summed E-state index contributed by atoms with van der Waals surface area (Å²) in [7, 11) is 1.86. The molecule has 1 fully saturated rings. The molecule has 0 aromatic rings. The van der Waals surface area contributed by atoms with E-state index < -0.39 is 5.41 Å². The third kappa shape index (κ3) is 2.83. The highest BCUT2D eigenvalue weighted by Gasteiger charge is 2.45. The molecule has 2 N–H and O–H groups in total. The number of thiocarbonyl (C=S) groups is 1. The molecular formula is C13H24N2O2S. The zero-order valence-corrected chi connectivity index (χ0v) is 12.4. The predicted molar refractivity (Wildman–Crippen MR) is 76.4 cm³/mol. The number of nitrogens with two attached hydrogens (primary N) is 1. The van der Waals surface area contributed by atoms with Crippen molar-refractivity contribution in [3.63, 3.8) is 0 Å². The minimum absolute atomic E-state index is 0.0620. The SMILES string of the molecule is CCC(CC)N(C)C(=O)C1(C(N)=S)CCOCC1. The minimum atomic E-state index is -0.690. The van der Waals surface area contributed by atoms with Crippen molar-refractivity contribution in [3.05, 3.63) is 0 Å². The maximum Gasteiger partial charge on any atom is 0.235 e. The van der Waals surface area contributed by atoms with Crippen molar-refractivity contribution in [3.8, 4) is 0 Å². The molecule has 1 saturated heterocycles. The Morgan fingerprint density at radius 2 is 1.89 bits per heavy atom. The van der Waals surface area contributed by atoms with Gasteiger partial charge >= 0.3 is 0 Å². The highest BCUT2D eigenvalue weighted by atomic mass is 32.1. The average Bonchev–Trinajstić information content (AvgIpc) is 2.39. The van der Waals surface area contributed by atoms with Gasteiger partial charge < -0.3 is 15.4 Å². The highest BCUT2D eigenvalue weighted by molar-refractivity contribution is 7.80. The first-order chi connectivity index (χ1) is 8.49. The topological polar surface area (TPSA) is 55.6 Å². The van der Waals surface area contributed by atoms with Crippen molar-refractivity contribution in [1.82, 2.24) is 4.90 Å². The highest BCUT2D eigenvalue weighted by Crippen LogP contribution is 2.34. The fourth-order valence-corrected chi connectivity index (χ4v) is 2.92. The molecule has 1 aliphatic heterocycles. The molecule has 1 amide bonds. The maximum atomic E-state index is 12.7. The van der Waals surface area contributed by atoms with Crippen LogP contribution in [0.1, 0.15) is 39.5 Å². The van der Waals surface area contributed by atoms with Crippen LogP contribution in [-0.4, -0.2) is 42.1 Å². The van der Waals surface area contributed by atoms with Crippen LogP contribution in [0.15, 0.2) is 0 Å². The number of carbonyl (C=O) groups excluding carboxylic acids is 1. The lowest BCUT2D eigenvalue weighted by Gasteiger charge is -2.40. The zero-order valence-electron chi connectivity index (χ0n) is 11.6. The predicted octanol–water partition coefficient (Wildman–Crippen LogP) is 1.72. The first-order valence-corrected chi connectivity index (χ1v) is 7.05.